The molecule has 1 aromatic carbocycles. The Balaban J connectivity index is 1.48. The number of aromatic nitrogens is 2. The summed E-state index contributed by atoms with van der Waals surface area (Å²) in [5.74, 6) is 0.0162. The number of carbonyl (C=O) groups is 1. The zero-order chi connectivity index (χ0) is 19.7. The van der Waals surface area contributed by atoms with Crippen LogP contribution >= 0.6 is 0 Å². The van der Waals surface area contributed by atoms with E-state index in [1.165, 1.54) is 4.31 Å². The SMILES string of the molecule is Cc1ccnn1CC(=O)N1CCc2cc(S(=O)(=O)N3CCOCC3)ccc2C1. The van der Waals surface area contributed by atoms with E-state index in [2.05, 4.69) is 5.10 Å². The standard InChI is InChI=1S/C19H24N4O4S/c1-15-4-6-20-23(15)14-19(24)21-7-5-16-12-18(3-2-17(16)13-21)28(25,26)22-8-10-27-11-9-22/h2-4,6,12H,5,7-11,13-14H2,1H3. The fraction of sp³-hybridized carbons (Fsp3) is 0.474. The number of ether oxygens (including phenoxy) is 1. The number of fused-ring (bicyclic) bond motifs is 1. The van der Waals surface area contributed by atoms with Crippen molar-refractivity contribution in [1.82, 2.24) is 19.0 Å². The van der Waals surface area contributed by atoms with Crippen LogP contribution in [-0.2, 0) is 39.1 Å². The topological polar surface area (TPSA) is 84.7 Å². The molecule has 3 heterocycles. The Bertz CT molecular complexity index is 980. The highest BCUT2D eigenvalue weighted by atomic mass is 32.2. The maximum absolute atomic E-state index is 12.9. The maximum Gasteiger partial charge on any atom is 0.244 e. The Morgan fingerprint density at radius 1 is 1.14 bits per heavy atom. The minimum absolute atomic E-state index is 0.0162. The Morgan fingerprint density at radius 3 is 2.64 bits per heavy atom. The highest BCUT2D eigenvalue weighted by molar-refractivity contribution is 7.89. The van der Waals surface area contributed by atoms with E-state index in [1.54, 1.807) is 27.9 Å². The molecule has 1 aromatic heterocycles. The van der Waals surface area contributed by atoms with Crippen LogP contribution in [0.4, 0.5) is 0 Å². The second-order valence-corrected chi connectivity index (χ2v) is 9.08. The van der Waals surface area contributed by atoms with Gasteiger partial charge in [0.05, 0.1) is 18.1 Å². The first-order valence-electron chi connectivity index (χ1n) is 9.41. The summed E-state index contributed by atoms with van der Waals surface area (Å²) in [7, 11) is -3.50. The van der Waals surface area contributed by atoms with Gasteiger partial charge in [-0.05, 0) is 42.7 Å². The van der Waals surface area contributed by atoms with E-state index in [9.17, 15) is 13.2 Å². The van der Waals surface area contributed by atoms with E-state index >= 15 is 0 Å². The molecule has 0 spiro atoms. The average molecular weight is 404 g/mol. The molecule has 0 aliphatic carbocycles. The first-order chi connectivity index (χ1) is 13.4. The first kappa shape index (κ1) is 19.1. The normalized spacial score (nSPS) is 18.1. The lowest BCUT2D eigenvalue weighted by atomic mass is 10.00. The third-order valence-corrected chi connectivity index (χ3v) is 7.26. The number of rotatable bonds is 4. The number of sulfonamides is 1. The number of hydrogen-bond donors (Lipinski definition) is 0. The zero-order valence-corrected chi connectivity index (χ0v) is 16.7. The van der Waals surface area contributed by atoms with Gasteiger partial charge in [0, 0.05) is 38.1 Å². The van der Waals surface area contributed by atoms with Crippen LogP contribution in [0.1, 0.15) is 16.8 Å². The van der Waals surface area contributed by atoms with Gasteiger partial charge < -0.3 is 9.64 Å². The van der Waals surface area contributed by atoms with Crippen LogP contribution < -0.4 is 0 Å². The van der Waals surface area contributed by atoms with Crippen molar-refractivity contribution in [2.75, 3.05) is 32.8 Å². The summed E-state index contributed by atoms with van der Waals surface area (Å²) in [5.41, 5.74) is 2.94. The van der Waals surface area contributed by atoms with Crippen LogP contribution in [0.15, 0.2) is 35.4 Å². The number of carbonyl (C=O) groups excluding carboxylic acids is 1. The highest BCUT2D eigenvalue weighted by Crippen LogP contribution is 2.25. The molecule has 28 heavy (non-hydrogen) atoms. The predicted molar refractivity (Wildman–Crippen MR) is 102 cm³/mol. The Hall–Kier alpha value is -2.23. The lowest BCUT2D eigenvalue weighted by Gasteiger charge is -2.30. The van der Waals surface area contributed by atoms with E-state index in [4.69, 9.17) is 4.74 Å². The number of nitrogens with zero attached hydrogens (tertiary/aromatic N) is 4. The molecule has 0 bridgehead atoms. The van der Waals surface area contributed by atoms with Crippen LogP contribution in [0.2, 0.25) is 0 Å². The molecule has 2 aliphatic rings. The van der Waals surface area contributed by atoms with Crippen molar-refractivity contribution in [2.45, 2.75) is 31.3 Å². The van der Waals surface area contributed by atoms with Gasteiger partial charge in [0.15, 0.2) is 0 Å². The molecule has 0 atom stereocenters. The summed E-state index contributed by atoms with van der Waals surface area (Å²) in [4.78, 5) is 14.7. The quantitative estimate of drug-likeness (QED) is 0.753. The summed E-state index contributed by atoms with van der Waals surface area (Å²) in [5, 5.41) is 4.17. The van der Waals surface area contributed by atoms with Crippen LogP contribution in [0, 0.1) is 6.92 Å². The van der Waals surface area contributed by atoms with Crippen LogP contribution in [0.3, 0.4) is 0 Å². The molecule has 0 radical (unpaired) electrons. The highest BCUT2D eigenvalue weighted by Gasteiger charge is 2.28. The molecule has 2 aromatic rings. The molecule has 0 N–H and O–H groups in total. The van der Waals surface area contributed by atoms with E-state index in [0.29, 0.717) is 50.7 Å². The van der Waals surface area contributed by atoms with Gasteiger partial charge in [0.25, 0.3) is 0 Å². The van der Waals surface area contributed by atoms with E-state index in [-0.39, 0.29) is 12.5 Å². The Kier molecular flexibility index (Phi) is 5.22. The fourth-order valence-electron chi connectivity index (χ4n) is 3.63. The average Bonchev–Trinajstić information content (AvgIpc) is 3.12. The third-order valence-electron chi connectivity index (χ3n) is 5.36. The molecular weight excluding hydrogens is 380 g/mol. The van der Waals surface area contributed by atoms with E-state index < -0.39 is 10.0 Å². The van der Waals surface area contributed by atoms with Gasteiger partial charge in [-0.25, -0.2) is 8.42 Å². The van der Waals surface area contributed by atoms with Crippen molar-refractivity contribution in [1.29, 1.82) is 0 Å². The molecule has 9 heteroatoms. The Morgan fingerprint density at radius 2 is 1.93 bits per heavy atom. The zero-order valence-electron chi connectivity index (χ0n) is 15.9. The first-order valence-corrected chi connectivity index (χ1v) is 10.8. The molecule has 150 valence electrons. The van der Waals surface area contributed by atoms with Crippen LogP contribution in [0.5, 0.6) is 0 Å². The molecule has 1 amide bonds. The van der Waals surface area contributed by atoms with Crippen LogP contribution in [0.25, 0.3) is 0 Å². The second-order valence-electron chi connectivity index (χ2n) is 7.14. The maximum atomic E-state index is 12.9. The summed E-state index contributed by atoms with van der Waals surface area (Å²) >= 11 is 0. The van der Waals surface area contributed by atoms with E-state index in [1.807, 2.05) is 19.1 Å². The monoisotopic (exact) mass is 404 g/mol. The van der Waals surface area contributed by atoms with Crippen molar-refractivity contribution < 1.29 is 17.9 Å². The fourth-order valence-corrected chi connectivity index (χ4v) is 5.09. The van der Waals surface area contributed by atoms with Gasteiger partial charge in [0.2, 0.25) is 15.9 Å². The molecular formula is C19H24N4O4S. The molecule has 4 rings (SSSR count). The van der Waals surface area contributed by atoms with E-state index in [0.717, 1.165) is 16.8 Å². The van der Waals surface area contributed by atoms with Crippen molar-refractivity contribution >= 4 is 15.9 Å². The largest absolute Gasteiger partial charge is 0.379 e. The second kappa shape index (κ2) is 7.65. The van der Waals surface area contributed by atoms with Gasteiger partial charge in [0.1, 0.15) is 6.54 Å². The molecule has 8 nitrogen and oxygen atoms in total. The molecule has 2 aliphatic heterocycles. The molecule has 0 saturated carbocycles. The summed E-state index contributed by atoms with van der Waals surface area (Å²) in [6, 6.07) is 7.12. The smallest absolute Gasteiger partial charge is 0.244 e. The number of amides is 1. The number of hydrogen-bond acceptors (Lipinski definition) is 5. The van der Waals surface area contributed by atoms with Crippen molar-refractivity contribution in [3.63, 3.8) is 0 Å². The van der Waals surface area contributed by atoms with Gasteiger partial charge in [-0.1, -0.05) is 6.07 Å². The molecule has 1 saturated heterocycles. The van der Waals surface area contributed by atoms with Gasteiger partial charge in [-0.2, -0.15) is 9.40 Å². The van der Waals surface area contributed by atoms with Crippen molar-refractivity contribution in [3.05, 3.63) is 47.3 Å². The summed E-state index contributed by atoms with van der Waals surface area (Å²) < 4.78 is 34.1. The predicted octanol–water partition coefficient (Wildman–Crippen LogP) is 0.797. The minimum atomic E-state index is -3.50. The number of morpholine rings is 1. The molecule has 0 unspecified atom stereocenters. The number of aryl methyl sites for hydroxylation is 1. The van der Waals surface area contributed by atoms with Gasteiger partial charge in [-0.3, -0.25) is 9.48 Å². The third kappa shape index (κ3) is 3.69. The summed E-state index contributed by atoms with van der Waals surface area (Å²) in [6.45, 7) is 4.83. The lowest BCUT2D eigenvalue weighted by Crippen LogP contribution is -2.41. The number of benzene rings is 1. The summed E-state index contributed by atoms with van der Waals surface area (Å²) in [6.07, 6.45) is 2.33. The Labute approximate surface area is 164 Å². The van der Waals surface area contributed by atoms with Gasteiger partial charge in [-0.15, -0.1) is 0 Å². The minimum Gasteiger partial charge on any atom is -0.379 e. The van der Waals surface area contributed by atoms with Crippen LogP contribution in [-0.4, -0.2) is 66.2 Å². The molecule has 1 fully saturated rings. The lowest BCUT2D eigenvalue weighted by molar-refractivity contribution is -0.133. The van der Waals surface area contributed by atoms with Crippen molar-refractivity contribution in [2.24, 2.45) is 0 Å². The van der Waals surface area contributed by atoms with Crippen molar-refractivity contribution in [3.8, 4) is 0 Å². The van der Waals surface area contributed by atoms with Gasteiger partial charge >= 0.3 is 0 Å².